The van der Waals surface area contributed by atoms with Gasteiger partial charge in [-0.15, -0.1) is 17.8 Å². The summed E-state index contributed by atoms with van der Waals surface area (Å²) in [4.78, 5) is 4.06. The minimum absolute atomic E-state index is 0.171. The fourth-order valence-electron chi connectivity index (χ4n) is 0.520. The Morgan fingerprint density at radius 2 is 2.67 bits per heavy atom. The summed E-state index contributed by atoms with van der Waals surface area (Å²) in [6.07, 6.45) is 6.95. The molecule has 1 atom stereocenters. The highest BCUT2D eigenvalue weighted by molar-refractivity contribution is 7.09. The molecule has 0 saturated heterocycles. The molecule has 1 nitrogen and oxygen atoms in total. The van der Waals surface area contributed by atoms with E-state index in [2.05, 4.69) is 10.9 Å². The molecule has 0 unspecified atom stereocenters. The maximum absolute atomic E-state index is 5.18. The van der Waals surface area contributed by atoms with Gasteiger partial charge in [-0.3, -0.25) is 0 Å². The van der Waals surface area contributed by atoms with Crippen LogP contribution in [0.3, 0.4) is 0 Å². The van der Waals surface area contributed by atoms with Crippen LogP contribution in [0.5, 0.6) is 0 Å². The number of aromatic nitrogens is 1. The first-order chi connectivity index (χ1) is 4.34. The lowest BCUT2D eigenvalue weighted by atomic mass is 10.2. The average Bonchev–Trinajstić information content (AvgIpc) is 2.37. The quantitative estimate of drug-likeness (QED) is 0.538. The second-order valence-corrected chi connectivity index (χ2v) is 2.68. The van der Waals surface area contributed by atoms with Crippen molar-refractivity contribution in [2.75, 3.05) is 0 Å². The van der Waals surface area contributed by atoms with E-state index in [9.17, 15) is 0 Å². The summed E-state index contributed by atoms with van der Waals surface area (Å²) >= 11 is 1.60. The average molecular weight is 137 g/mol. The zero-order valence-electron chi connectivity index (χ0n) is 5.16. The van der Waals surface area contributed by atoms with Gasteiger partial charge in [0.15, 0.2) is 0 Å². The largest absolute Gasteiger partial charge is 0.248 e. The molecule has 0 amide bonds. The summed E-state index contributed by atoms with van der Waals surface area (Å²) in [7, 11) is 0. The van der Waals surface area contributed by atoms with Crippen LogP contribution in [0.15, 0.2) is 11.6 Å². The molecule has 0 aliphatic carbocycles. The van der Waals surface area contributed by atoms with Gasteiger partial charge in [-0.1, -0.05) is 5.92 Å². The molecule has 0 bridgehead atoms. The van der Waals surface area contributed by atoms with E-state index in [0.29, 0.717) is 0 Å². The third kappa shape index (κ3) is 1.30. The fourth-order valence-corrected chi connectivity index (χ4v) is 1.17. The molecular weight excluding hydrogens is 130 g/mol. The summed E-state index contributed by atoms with van der Waals surface area (Å²) in [5, 5.41) is 2.96. The Hall–Kier alpha value is -0.810. The molecule has 0 N–H and O–H groups in total. The molecule has 46 valence electrons. The first kappa shape index (κ1) is 6.31. The second-order valence-electron chi connectivity index (χ2n) is 1.76. The van der Waals surface area contributed by atoms with Crippen LogP contribution in [0.25, 0.3) is 0 Å². The van der Waals surface area contributed by atoms with Crippen LogP contribution in [-0.4, -0.2) is 4.98 Å². The van der Waals surface area contributed by atoms with Crippen molar-refractivity contribution >= 4 is 11.3 Å². The topological polar surface area (TPSA) is 12.9 Å². The van der Waals surface area contributed by atoms with Crippen molar-refractivity contribution in [2.45, 2.75) is 12.8 Å². The maximum atomic E-state index is 5.18. The number of thiazole rings is 1. The van der Waals surface area contributed by atoms with E-state index < -0.39 is 0 Å². The van der Waals surface area contributed by atoms with Crippen molar-refractivity contribution in [2.24, 2.45) is 0 Å². The molecule has 9 heavy (non-hydrogen) atoms. The molecule has 1 heterocycles. The third-order valence-electron chi connectivity index (χ3n) is 1.07. The van der Waals surface area contributed by atoms with E-state index in [1.54, 1.807) is 17.5 Å². The van der Waals surface area contributed by atoms with Crippen molar-refractivity contribution in [3.63, 3.8) is 0 Å². The van der Waals surface area contributed by atoms with E-state index in [1.807, 2.05) is 12.3 Å². The Labute approximate surface area is 58.8 Å². The highest BCUT2D eigenvalue weighted by Gasteiger charge is 2.01. The van der Waals surface area contributed by atoms with Gasteiger partial charge in [0.05, 0.1) is 5.92 Å². The third-order valence-corrected chi connectivity index (χ3v) is 2.03. The first-order valence-corrected chi connectivity index (χ1v) is 3.58. The molecular formula is C7H7NS. The van der Waals surface area contributed by atoms with Crippen molar-refractivity contribution in [1.29, 1.82) is 0 Å². The van der Waals surface area contributed by atoms with Crippen LogP contribution < -0.4 is 0 Å². The van der Waals surface area contributed by atoms with Gasteiger partial charge in [0.2, 0.25) is 0 Å². The van der Waals surface area contributed by atoms with Gasteiger partial charge in [0, 0.05) is 11.6 Å². The lowest BCUT2D eigenvalue weighted by molar-refractivity contribution is 0.980. The van der Waals surface area contributed by atoms with Crippen LogP contribution in [-0.2, 0) is 0 Å². The lowest BCUT2D eigenvalue weighted by Gasteiger charge is -1.93. The SMILES string of the molecule is C#C[C@H](C)c1nccs1. The first-order valence-electron chi connectivity index (χ1n) is 2.70. The zero-order chi connectivity index (χ0) is 6.69. The fraction of sp³-hybridized carbons (Fsp3) is 0.286. The number of nitrogens with zero attached hydrogens (tertiary/aromatic N) is 1. The molecule has 0 radical (unpaired) electrons. The van der Waals surface area contributed by atoms with E-state index in [4.69, 9.17) is 6.42 Å². The minimum Gasteiger partial charge on any atom is -0.248 e. The van der Waals surface area contributed by atoms with Crippen molar-refractivity contribution in [1.82, 2.24) is 4.98 Å². The maximum Gasteiger partial charge on any atom is 0.107 e. The molecule has 1 rings (SSSR count). The van der Waals surface area contributed by atoms with Gasteiger partial charge >= 0.3 is 0 Å². The Morgan fingerprint density at radius 1 is 1.89 bits per heavy atom. The molecule has 2 heteroatoms. The van der Waals surface area contributed by atoms with Crippen LogP contribution in [0.1, 0.15) is 17.8 Å². The number of hydrogen-bond donors (Lipinski definition) is 0. The summed E-state index contributed by atoms with van der Waals surface area (Å²) in [6.45, 7) is 1.97. The van der Waals surface area contributed by atoms with E-state index >= 15 is 0 Å². The zero-order valence-corrected chi connectivity index (χ0v) is 5.98. The summed E-state index contributed by atoms with van der Waals surface area (Å²) in [5.41, 5.74) is 0. The Kier molecular flexibility index (Phi) is 1.86. The second kappa shape index (κ2) is 2.65. The highest BCUT2D eigenvalue weighted by atomic mass is 32.1. The standard InChI is InChI=1S/C7H7NS/c1-3-6(2)7-8-4-5-9-7/h1,4-6H,2H3/t6-/m0/s1. The van der Waals surface area contributed by atoms with Crippen molar-refractivity contribution in [3.05, 3.63) is 16.6 Å². The monoisotopic (exact) mass is 137 g/mol. The normalized spacial score (nSPS) is 12.4. The molecule has 0 saturated carbocycles. The van der Waals surface area contributed by atoms with Crippen LogP contribution >= 0.6 is 11.3 Å². The van der Waals surface area contributed by atoms with E-state index in [1.165, 1.54) is 0 Å². The molecule has 0 aliphatic heterocycles. The lowest BCUT2D eigenvalue weighted by Crippen LogP contribution is -1.85. The Morgan fingerprint density at radius 3 is 3.11 bits per heavy atom. The van der Waals surface area contributed by atoms with E-state index in [-0.39, 0.29) is 5.92 Å². The van der Waals surface area contributed by atoms with Gasteiger partial charge in [0.1, 0.15) is 5.01 Å². The van der Waals surface area contributed by atoms with Crippen molar-refractivity contribution < 1.29 is 0 Å². The van der Waals surface area contributed by atoms with Gasteiger partial charge in [-0.25, -0.2) is 4.98 Å². The molecule has 0 spiro atoms. The summed E-state index contributed by atoms with van der Waals surface area (Å²) in [6, 6.07) is 0. The summed E-state index contributed by atoms with van der Waals surface area (Å²) < 4.78 is 0. The molecule has 0 aromatic carbocycles. The minimum atomic E-state index is 0.171. The molecule has 0 aliphatic rings. The smallest absolute Gasteiger partial charge is 0.107 e. The summed E-state index contributed by atoms with van der Waals surface area (Å²) in [5.74, 6) is 2.79. The van der Waals surface area contributed by atoms with Crippen LogP contribution in [0.2, 0.25) is 0 Å². The van der Waals surface area contributed by atoms with Gasteiger partial charge in [0.25, 0.3) is 0 Å². The number of hydrogen-bond acceptors (Lipinski definition) is 2. The number of rotatable bonds is 1. The van der Waals surface area contributed by atoms with Crippen LogP contribution in [0, 0.1) is 12.3 Å². The highest BCUT2D eigenvalue weighted by Crippen LogP contribution is 2.15. The van der Waals surface area contributed by atoms with Gasteiger partial charge in [-0.2, -0.15) is 0 Å². The molecule has 0 fully saturated rings. The molecule has 1 aromatic heterocycles. The van der Waals surface area contributed by atoms with Crippen LogP contribution in [0.4, 0.5) is 0 Å². The Bertz CT molecular complexity index is 207. The van der Waals surface area contributed by atoms with Crippen molar-refractivity contribution in [3.8, 4) is 12.3 Å². The number of terminal acetylenes is 1. The predicted octanol–water partition coefficient (Wildman–Crippen LogP) is 1.88. The van der Waals surface area contributed by atoms with Gasteiger partial charge in [-0.05, 0) is 6.92 Å². The Balaban J connectivity index is 2.80. The predicted molar refractivity (Wildman–Crippen MR) is 39.4 cm³/mol. The molecule has 1 aromatic rings. The van der Waals surface area contributed by atoms with Gasteiger partial charge < -0.3 is 0 Å². The van der Waals surface area contributed by atoms with E-state index in [0.717, 1.165) is 5.01 Å².